The minimum absolute atomic E-state index is 0.120. The third kappa shape index (κ3) is 3.50. The fourth-order valence-corrected chi connectivity index (χ4v) is 2.64. The van der Waals surface area contributed by atoms with E-state index < -0.39 is 5.82 Å². The molecule has 1 atom stereocenters. The van der Waals surface area contributed by atoms with E-state index in [9.17, 15) is 4.39 Å². The van der Waals surface area contributed by atoms with Crippen LogP contribution in [0.25, 0.3) is 0 Å². The van der Waals surface area contributed by atoms with Crippen molar-refractivity contribution in [2.75, 3.05) is 5.32 Å². The highest BCUT2D eigenvalue weighted by molar-refractivity contribution is 6.42. The Hall–Kier alpha value is -0.670. The van der Waals surface area contributed by atoms with Gasteiger partial charge in [0, 0.05) is 6.04 Å². The Morgan fingerprint density at radius 2 is 1.50 bits per heavy atom. The van der Waals surface area contributed by atoms with Gasteiger partial charge < -0.3 is 5.32 Å². The van der Waals surface area contributed by atoms with Crippen LogP contribution in [-0.2, 0) is 0 Å². The Bertz CT molecular complexity index is 622. The number of anilines is 1. The van der Waals surface area contributed by atoms with E-state index in [-0.39, 0.29) is 16.1 Å². The minimum atomic E-state index is -0.479. The number of hydrogen-bond acceptors (Lipinski definition) is 1. The van der Waals surface area contributed by atoms with Crippen LogP contribution in [0.5, 0.6) is 0 Å². The predicted octanol–water partition coefficient (Wildman–Crippen LogP) is 6.61. The Morgan fingerprint density at radius 3 is 2.05 bits per heavy atom. The summed E-state index contributed by atoms with van der Waals surface area (Å²) in [4.78, 5) is 0. The van der Waals surface area contributed by atoms with Gasteiger partial charge in [-0.3, -0.25) is 0 Å². The van der Waals surface area contributed by atoms with Gasteiger partial charge in [-0.1, -0.05) is 52.5 Å². The second kappa shape index (κ2) is 6.40. The third-order valence-corrected chi connectivity index (χ3v) is 4.15. The van der Waals surface area contributed by atoms with Crippen molar-refractivity contribution in [3.8, 4) is 0 Å². The molecule has 0 radical (unpaired) electrons. The average molecular weight is 353 g/mol. The highest BCUT2D eigenvalue weighted by Crippen LogP contribution is 2.35. The van der Waals surface area contributed by atoms with Crippen LogP contribution in [0, 0.1) is 5.82 Å². The Labute approximate surface area is 136 Å². The molecule has 106 valence electrons. The van der Waals surface area contributed by atoms with E-state index in [1.54, 1.807) is 12.1 Å². The van der Waals surface area contributed by atoms with Crippen LogP contribution in [0.4, 0.5) is 10.1 Å². The highest BCUT2D eigenvalue weighted by atomic mass is 35.5. The number of hydrogen-bond donors (Lipinski definition) is 1. The smallest absolute Gasteiger partial charge is 0.126 e. The summed E-state index contributed by atoms with van der Waals surface area (Å²) >= 11 is 23.8. The van der Waals surface area contributed by atoms with Crippen LogP contribution >= 0.6 is 46.4 Å². The molecule has 2 aromatic rings. The van der Waals surface area contributed by atoms with E-state index in [1.165, 1.54) is 12.1 Å². The van der Waals surface area contributed by atoms with Crippen LogP contribution in [0.2, 0.25) is 20.1 Å². The van der Waals surface area contributed by atoms with Crippen molar-refractivity contribution in [2.24, 2.45) is 0 Å². The molecular weight excluding hydrogens is 343 g/mol. The van der Waals surface area contributed by atoms with Crippen molar-refractivity contribution < 1.29 is 4.39 Å². The van der Waals surface area contributed by atoms with Crippen molar-refractivity contribution in [3.63, 3.8) is 0 Å². The summed E-state index contributed by atoms with van der Waals surface area (Å²) in [6, 6.07) is 7.61. The normalized spacial score (nSPS) is 12.3. The van der Waals surface area contributed by atoms with Crippen molar-refractivity contribution in [1.29, 1.82) is 0 Å². The summed E-state index contributed by atoms with van der Waals surface area (Å²) in [5.74, 6) is -0.479. The van der Waals surface area contributed by atoms with Gasteiger partial charge in [-0.15, -0.1) is 0 Å². The highest BCUT2D eigenvalue weighted by Gasteiger charge is 2.13. The summed E-state index contributed by atoms with van der Waals surface area (Å²) in [5.41, 5.74) is 1.39. The fourth-order valence-electron chi connectivity index (χ4n) is 1.76. The molecule has 0 saturated heterocycles. The maximum absolute atomic E-state index is 13.1. The van der Waals surface area contributed by atoms with Gasteiger partial charge in [0.15, 0.2) is 0 Å². The molecule has 0 saturated carbocycles. The molecule has 0 fully saturated rings. The molecule has 0 spiro atoms. The average Bonchev–Trinajstić information content (AvgIpc) is 2.36. The molecule has 0 aliphatic rings. The second-order valence-electron chi connectivity index (χ2n) is 4.28. The van der Waals surface area contributed by atoms with Crippen LogP contribution in [0.1, 0.15) is 18.5 Å². The number of halogens is 5. The van der Waals surface area contributed by atoms with Gasteiger partial charge in [-0.2, -0.15) is 0 Å². The Kier molecular flexibility index (Phi) is 5.03. The zero-order chi connectivity index (χ0) is 14.9. The molecule has 1 unspecified atom stereocenters. The summed E-state index contributed by atoms with van der Waals surface area (Å²) in [6.45, 7) is 1.91. The predicted molar refractivity (Wildman–Crippen MR) is 84.9 cm³/mol. The lowest BCUT2D eigenvalue weighted by Gasteiger charge is -2.18. The van der Waals surface area contributed by atoms with E-state index in [2.05, 4.69) is 5.32 Å². The molecule has 0 bridgehead atoms. The lowest BCUT2D eigenvalue weighted by molar-refractivity contribution is 0.628. The van der Waals surface area contributed by atoms with Gasteiger partial charge in [0.05, 0.1) is 25.8 Å². The van der Waals surface area contributed by atoms with Crippen molar-refractivity contribution >= 4 is 52.1 Å². The standard InChI is InChI=1S/C14H10Cl4FN/c1-7(8-2-3-10(15)11(16)4-8)20-14-12(17)5-9(19)6-13(14)18/h2-7,20H,1H3. The molecule has 2 rings (SSSR count). The summed E-state index contributed by atoms with van der Waals surface area (Å²) in [5, 5.41) is 4.54. The molecule has 0 aliphatic carbocycles. The first-order chi connectivity index (χ1) is 9.38. The zero-order valence-corrected chi connectivity index (χ0v) is 13.4. The lowest BCUT2D eigenvalue weighted by Crippen LogP contribution is -2.07. The molecule has 6 heteroatoms. The monoisotopic (exact) mass is 351 g/mol. The molecule has 2 aromatic carbocycles. The molecule has 1 nitrogen and oxygen atoms in total. The van der Waals surface area contributed by atoms with Gasteiger partial charge in [0.1, 0.15) is 5.82 Å². The zero-order valence-electron chi connectivity index (χ0n) is 10.4. The van der Waals surface area contributed by atoms with Crippen LogP contribution in [0.15, 0.2) is 30.3 Å². The summed E-state index contributed by atoms with van der Waals surface area (Å²) in [7, 11) is 0. The van der Waals surface area contributed by atoms with Gasteiger partial charge >= 0.3 is 0 Å². The van der Waals surface area contributed by atoms with Crippen molar-refractivity contribution in [3.05, 3.63) is 61.8 Å². The molecule has 1 N–H and O–H groups in total. The number of benzene rings is 2. The maximum Gasteiger partial charge on any atom is 0.126 e. The molecule has 0 amide bonds. The van der Waals surface area contributed by atoms with Gasteiger partial charge in [-0.05, 0) is 36.8 Å². The Morgan fingerprint density at radius 1 is 0.900 bits per heavy atom. The van der Waals surface area contributed by atoms with Gasteiger partial charge in [-0.25, -0.2) is 4.39 Å². The first-order valence-corrected chi connectivity index (χ1v) is 7.25. The number of nitrogens with one attached hydrogen (secondary N) is 1. The van der Waals surface area contributed by atoms with Crippen LogP contribution < -0.4 is 5.32 Å². The number of rotatable bonds is 3. The SMILES string of the molecule is CC(Nc1c(Cl)cc(F)cc1Cl)c1ccc(Cl)c(Cl)c1. The second-order valence-corrected chi connectivity index (χ2v) is 5.91. The first kappa shape index (κ1) is 15.7. The molecule has 0 aliphatic heterocycles. The molecule has 0 aromatic heterocycles. The first-order valence-electron chi connectivity index (χ1n) is 5.74. The van der Waals surface area contributed by atoms with E-state index in [4.69, 9.17) is 46.4 Å². The van der Waals surface area contributed by atoms with Crippen LogP contribution in [-0.4, -0.2) is 0 Å². The van der Waals surface area contributed by atoms with E-state index in [0.717, 1.165) is 5.56 Å². The van der Waals surface area contributed by atoms with E-state index in [0.29, 0.717) is 15.7 Å². The van der Waals surface area contributed by atoms with Crippen molar-refractivity contribution in [1.82, 2.24) is 0 Å². The fraction of sp³-hybridized carbons (Fsp3) is 0.143. The van der Waals surface area contributed by atoms with E-state index in [1.807, 2.05) is 13.0 Å². The molecule has 0 heterocycles. The molecular formula is C14H10Cl4FN. The van der Waals surface area contributed by atoms with E-state index >= 15 is 0 Å². The minimum Gasteiger partial charge on any atom is -0.376 e. The third-order valence-electron chi connectivity index (χ3n) is 2.81. The van der Waals surface area contributed by atoms with Crippen molar-refractivity contribution in [2.45, 2.75) is 13.0 Å². The maximum atomic E-state index is 13.1. The van der Waals surface area contributed by atoms with Gasteiger partial charge in [0.2, 0.25) is 0 Å². The Balaban J connectivity index is 2.27. The molecule has 20 heavy (non-hydrogen) atoms. The van der Waals surface area contributed by atoms with Crippen LogP contribution in [0.3, 0.4) is 0 Å². The summed E-state index contributed by atoms with van der Waals surface area (Å²) < 4.78 is 13.1. The quantitative estimate of drug-likeness (QED) is 0.655. The topological polar surface area (TPSA) is 12.0 Å². The largest absolute Gasteiger partial charge is 0.376 e. The lowest BCUT2D eigenvalue weighted by atomic mass is 10.1. The van der Waals surface area contributed by atoms with Gasteiger partial charge in [0.25, 0.3) is 0 Å². The summed E-state index contributed by atoms with van der Waals surface area (Å²) in [6.07, 6.45) is 0.